The maximum Gasteiger partial charge on any atom is 0.137 e. The van der Waals surface area contributed by atoms with E-state index in [-0.39, 0.29) is 0 Å². The largest absolute Gasteiger partial charge is 0.299 e. The van der Waals surface area contributed by atoms with Gasteiger partial charge in [-0.3, -0.25) is 4.40 Å². The molecule has 8 aromatic carbocycles. The first-order chi connectivity index (χ1) is 25.3. The summed E-state index contributed by atoms with van der Waals surface area (Å²) in [5.74, 6) is 0. The minimum atomic E-state index is 0.956. The lowest BCUT2D eigenvalue weighted by atomic mass is 9.82. The van der Waals surface area contributed by atoms with Crippen LogP contribution in [-0.4, -0.2) is 9.38 Å². The van der Waals surface area contributed by atoms with Crippen LogP contribution in [0, 0.1) is 0 Å². The van der Waals surface area contributed by atoms with Crippen LogP contribution in [0.15, 0.2) is 182 Å². The number of hydrogen-bond acceptors (Lipinski definition) is 1. The van der Waals surface area contributed by atoms with Gasteiger partial charge in [-0.15, -0.1) is 0 Å². The first-order valence-electron chi connectivity index (χ1n) is 17.6. The van der Waals surface area contributed by atoms with Crippen LogP contribution in [0.3, 0.4) is 0 Å². The molecule has 236 valence electrons. The second-order valence-corrected chi connectivity index (χ2v) is 13.5. The molecule has 1 aliphatic rings. The Morgan fingerprint density at radius 3 is 1.63 bits per heavy atom. The van der Waals surface area contributed by atoms with E-state index in [1.165, 1.54) is 82.6 Å². The molecule has 0 N–H and O–H groups in total. The van der Waals surface area contributed by atoms with Gasteiger partial charge in [0, 0.05) is 11.8 Å². The number of fused-ring (bicyclic) bond motifs is 7. The molecule has 2 nitrogen and oxygen atoms in total. The van der Waals surface area contributed by atoms with Crippen LogP contribution in [0.2, 0.25) is 0 Å². The fourth-order valence-corrected chi connectivity index (χ4v) is 8.54. The molecule has 0 saturated heterocycles. The van der Waals surface area contributed by atoms with Crippen molar-refractivity contribution in [1.82, 2.24) is 9.38 Å². The molecule has 2 aromatic heterocycles. The van der Waals surface area contributed by atoms with Crippen LogP contribution in [-0.2, 0) is 0 Å². The Kier molecular flexibility index (Phi) is 5.99. The third kappa shape index (κ3) is 4.14. The summed E-state index contributed by atoms with van der Waals surface area (Å²) in [6, 6.07) is 64.0. The van der Waals surface area contributed by atoms with Gasteiger partial charge in [-0.05, 0) is 101 Å². The minimum absolute atomic E-state index is 0.956. The summed E-state index contributed by atoms with van der Waals surface area (Å²) in [7, 11) is 0. The SMILES string of the molecule is c1ccc(-c2c3c(c(-c4ccccc4)c4ccccc24)-c2ccc(-c4ccc(-c5cn6c(ccc7ccccc76)n5)cc4)c4cccc-3c24)cc1. The molecule has 11 rings (SSSR count). The Morgan fingerprint density at radius 1 is 0.353 bits per heavy atom. The van der Waals surface area contributed by atoms with Gasteiger partial charge in [0.05, 0.1) is 11.2 Å². The molecule has 0 fully saturated rings. The monoisotopic (exact) mass is 646 g/mol. The molecule has 0 spiro atoms. The highest BCUT2D eigenvalue weighted by Gasteiger charge is 2.31. The molecule has 0 unspecified atom stereocenters. The van der Waals surface area contributed by atoms with Crippen LogP contribution in [0.5, 0.6) is 0 Å². The highest BCUT2D eigenvalue weighted by Crippen LogP contribution is 2.58. The Morgan fingerprint density at radius 2 is 0.922 bits per heavy atom. The van der Waals surface area contributed by atoms with E-state index >= 15 is 0 Å². The summed E-state index contributed by atoms with van der Waals surface area (Å²) in [4.78, 5) is 4.99. The molecule has 0 atom stereocenters. The normalized spacial score (nSPS) is 11.9. The van der Waals surface area contributed by atoms with Crippen LogP contribution in [0.25, 0.3) is 105 Å². The van der Waals surface area contributed by atoms with Crippen molar-refractivity contribution < 1.29 is 0 Å². The van der Waals surface area contributed by atoms with E-state index in [9.17, 15) is 0 Å². The first kappa shape index (κ1) is 28.1. The van der Waals surface area contributed by atoms with Crippen molar-refractivity contribution in [1.29, 1.82) is 0 Å². The second kappa shape index (κ2) is 10.9. The van der Waals surface area contributed by atoms with Crippen molar-refractivity contribution in [2.24, 2.45) is 0 Å². The molecule has 0 radical (unpaired) electrons. The number of imidazole rings is 1. The standard InChI is InChI=1S/C49H30N2/c1-3-13-34(14-4-1)45-38-17-8-9-18-39(38)46(35-15-5-2-6-16-35)49-41-28-27-36(37-19-11-20-40(47(37)41)48(45)49)31-22-24-32(25-23-31)42-30-51-43-21-10-7-12-33(43)26-29-44(51)50-42/h1-30H. The summed E-state index contributed by atoms with van der Waals surface area (Å²) in [5.41, 5.74) is 17.0. The van der Waals surface area contributed by atoms with Crippen LogP contribution >= 0.6 is 0 Å². The smallest absolute Gasteiger partial charge is 0.137 e. The van der Waals surface area contributed by atoms with Gasteiger partial charge in [-0.25, -0.2) is 4.98 Å². The zero-order chi connectivity index (χ0) is 33.5. The predicted octanol–water partition coefficient (Wildman–Crippen LogP) is 13.1. The Hall–Kier alpha value is -6.77. The number of rotatable bonds is 4. The Bertz CT molecular complexity index is 2900. The number of aromatic nitrogens is 2. The molecule has 51 heavy (non-hydrogen) atoms. The average molecular weight is 647 g/mol. The lowest BCUT2D eigenvalue weighted by Gasteiger charge is -2.20. The Balaban J connectivity index is 1.12. The second-order valence-electron chi connectivity index (χ2n) is 13.5. The lowest BCUT2D eigenvalue weighted by molar-refractivity contribution is 1.26. The maximum absolute atomic E-state index is 4.99. The molecule has 0 amide bonds. The fraction of sp³-hybridized carbons (Fsp3) is 0. The zero-order valence-corrected chi connectivity index (χ0v) is 27.7. The fourth-order valence-electron chi connectivity index (χ4n) is 8.54. The number of para-hydroxylation sites is 1. The van der Waals surface area contributed by atoms with Crippen molar-refractivity contribution in [3.8, 4) is 66.9 Å². The van der Waals surface area contributed by atoms with Gasteiger partial charge >= 0.3 is 0 Å². The van der Waals surface area contributed by atoms with Gasteiger partial charge < -0.3 is 0 Å². The van der Waals surface area contributed by atoms with Gasteiger partial charge in [0.15, 0.2) is 0 Å². The molecule has 0 aliphatic heterocycles. The van der Waals surface area contributed by atoms with Crippen molar-refractivity contribution in [2.75, 3.05) is 0 Å². The molecule has 2 heterocycles. The van der Waals surface area contributed by atoms with E-state index < -0.39 is 0 Å². The minimum Gasteiger partial charge on any atom is -0.299 e. The van der Waals surface area contributed by atoms with Gasteiger partial charge in [-0.1, -0.05) is 158 Å². The van der Waals surface area contributed by atoms with E-state index in [0.717, 1.165) is 22.4 Å². The van der Waals surface area contributed by atoms with Crippen molar-refractivity contribution in [2.45, 2.75) is 0 Å². The summed E-state index contributed by atoms with van der Waals surface area (Å²) in [5, 5.41) is 6.36. The topological polar surface area (TPSA) is 17.3 Å². The predicted molar refractivity (Wildman–Crippen MR) is 214 cm³/mol. The van der Waals surface area contributed by atoms with Gasteiger partial charge in [0.1, 0.15) is 5.65 Å². The van der Waals surface area contributed by atoms with Crippen molar-refractivity contribution >= 4 is 38.1 Å². The third-order valence-electron chi connectivity index (χ3n) is 10.8. The number of nitrogens with zero attached hydrogens (tertiary/aromatic N) is 2. The molecule has 2 heteroatoms. The quantitative estimate of drug-likeness (QED) is 0.186. The van der Waals surface area contributed by atoms with Gasteiger partial charge in [-0.2, -0.15) is 0 Å². The maximum atomic E-state index is 4.99. The average Bonchev–Trinajstić information content (AvgIpc) is 3.79. The molecule has 10 aromatic rings. The molecular weight excluding hydrogens is 617 g/mol. The summed E-state index contributed by atoms with van der Waals surface area (Å²) < 4.78 is 2.19. The molecule has 0 bridgehead atoms. The number of pyridine rings is 1. The molecular formula is C49H30N2. The van der Waals surface area contributed by atoms with Crippen LogP contribution < -0.4 is 0 Å². The van der Waals surface area contributed by atoms with Crippen molar-refractivity contribution in [3.63, 3.8) is 0 Å². The van der Waals surface area contributed by atoms with Crippen LogP contribution in [0.4, 0.5) is 0 Å². The van der Waals surface area contributed by atoms with E-state index in [1.807, 2.05) is 0 Å². The lowest BCUT2D eigenvalue weighted by Crippen LogP contribution is -1.93. The van der Waals surface area contributed by atoms with E-state index in [1.54, 1.807) is 0 Å². The first-order valence-corrected chi connectivity index (χ1v) is 17.6. The zero-order valence-electron chi connectivity index (χ0n) is 27.7. The van der Waals surface area contributed by atoms with E-state index in [2.05, 4.69) is 187 Å². The highest BCUT2D eigenvalue weighted by molar-refractivity contribution is 6.28. The summed E-state index contributed by atoms with van der Waals surface area (Å²) in [6.07, 6.45) is 2.15. The van der Waals surface area contributed by atoms with Crippen molar-refractivity contribution in [3.05, 3.63) is 182 Å². The molecule has 0 saturated carbocycles. The summed E-state index contributed by atoms with van der Waals surface area (Å²) >= 11 is 0. The van der Waals surface area contributed by atoms with E-state index in [4.69, 9.17) is 4.98 Å². The molecule has 1 aliphatic carbocycles. The summed E-state index contributed by atoms with van der Waals surface area (Å²) in [6.45, 7) is 0. The van der Waals surface area contributed by atoms with Gasteiger partial charge in [0.25, 0.3) is 0 Å². The number of hydrogen-bond donors (Lipinski definition) is 0. The Labute approximate surface area is 295 Å². The highest BCUT2D eigenvalue weighted by atomic mass is 15.0. The van der Waals surface area contributed by atoms with Gasteiger partial charge in [0.2, 0.25) is 0 Å². The number of benzene rings is 8. The third-order valence-corrected chi connectivity index (χ3v) is 10.8. The van der Waals surface area contributed by atoms with E-state index in [0.29, 0.717) is 0 Å². The van der Waals surface area contributed by atoms with Crippen LogP contribution in [0.1, 0.15) is 0 Å².